The number of hydrogen-bond acceptors (Lipinski definition) is 3. The van der Waals surface area contributed by atoms with Crippen LogP contribution in [-0.2, 0) is 10.0 Å². The highest BCUT2D eigenvalue weighted by Gasteiger charge is 2.28. The van der Waals surface area contributed by atoms with Gasteiger partial charge in [0.05, 0.1) is 10.5 Å². The molecule has 1 aliphatic heterocycles. The van der Waals surface area contributed by atoms with Crippen LogP contribution in [0.15, 0.2) is 53.4 Å². The molecule has 1 fully saturated rings. The van der Waals surface area contributed by atoms with Gasteiger partial charge in [0, 0.05) is 22.3 Å². The van der Waals surface area contributed by atoms with Crippen molar-refractivity contribution in [2.75, 3.05) is 18.4 Å². The number of carbonyl (C=O) groups is 1. The summed E-state index contributed by atoms with van der Waals surface area (Å²) in [7, 11) is -3.48. The van der Waals surface area contributed by atoms with Crippen molar-refractivity contribution in [3.05, 3.63) is 57.7 Å². The summed E-state index contributed by atoms with van der Waals surface area (Å²) in [4.78, 5) is 12.6. The third-order valence-electron chi connectivity index (χ3n) is 4.49. The van der Waals surface area contributed by atoms with E-state index in [4.69, 9.17) is 0 Å². The fourth-order valence-corrected chi connectivity index (χ4v) is 5.30. The molecule has 3 rings (SSSR count). The quantitative estimate of drug-likeness (QED) is 0.669. The van der Waals surface area contributed by atoms with Crippen molar-refractivity contribution in [1.82, 2.24) is 4.31 Å². The smallest absolute Gasteiger partial charge is 0.256 e. The normalized spacial score (nSPS) is 18.5. The molecule has 1 N–H and O–H groups in total. The Morgan fingerprint density at radius 2 is 1.85 bits per heavy atom. The number of piperidine rings is 1. The molecule has 2 aromatic rings. The van der Waals surface area contributed by atoms with Gasteiger partial charge in [-0.25, -0.2) is 8.42 Å². The Bertz CT molecular complexity index is 897. The van der Waals surface area contributed by atoms with Crippen LogP contribution in [0.3, 0.4) is 0 Å². The minimum atomic E-state index is -3.48. The van der Waals surface area contributed by atoms with E-state index < -0.39 is 10.0 Å². The van der Waals surface area contributed by atoms with Crippen molar-refractivity contribution in [1.29, 1.82) is 0 Å². The molecular formula is C19H21IN2O3S. The summed E-state index contributed by atoms with van der Waals surface area (Å²) in [6.07, 6.45) is 1.96. The van der Waals surface area contributed by atoms with Crippen molar-refractivity contribution in [3.8, 4) is 0 Å². The maximum Gasteiger partial charge on any atom is 0.256 e. The molecule has 1 amide bonds. The molecule has 26 heavy (non-hydrogen) atoms. The van der Waals surface area contributed by atoms with Gasteiger partial charge in [-0.3, -0.25) is 4.79 Å². The fourth-order valence-electron chi connectivity index (χ4n) is 3.07. The van der Waals surface area contributed by atoms with Crippen LogP contribution >= 0.6 is 22.6 Å². The molecule has 7 heteroatoms. The van der Waals surface area contributed by atoms with E-state index in [1.54, 1.807) is 34.6 Å². The molecule has 1 atom stereocenters. The van der Waals surface area contributed by atoms with Gasteiger partial charge in [-0.2, -0.15) is 4.31 Å². The van der Waals surface area contributed by atoms with Gasteiger partial charge in [0.15, 0.2) is 0 Å². The molecule has 0 spiro atoms. The van der Waals surface area contributed by atoms with Gasteiger partial charge in [-0.05, 0) is 77.7 Å². The lowest BCUT2D eigenvalue weighted by molar-refractivity contribution is 0.102. The number of halogens is 1. The number of anilines is 1. The number of carbonyl (C=O) groups excluding carboxylic acids is 1. The van der Waals surface area contributed by atoms with Crippen molar-refractivity contribution < 1.29 is 13.2 Å². The fraction of sp³-hybridized carbons (Fsp3) is 0.316. The molecule has 0 aliphatic carbocycles. The predicted molar refractivity (Wildman–Crippen MR) is 111 cm³/mol. The Morgan fingerprint density at radius 1 is 1.15 bits per heavy atom. The first-order valence-corrected chi connectivity index (χ1v) is 11.1. The highest BCUT2D eigenvalue weighted by atomic mass is 127. The van der Waals surface area contributed by atoms with E-state index in [0.717, 1.165) is 16.4 Å². The van der Waals surface area contributed by atoms with Crippen LogP contribution in [0.5, 0.6) is 0 Å². The Labute approximate surface area is 168 Å². The topological polar surface area (TPSA) is 66.5 Å². The maximum absolute atomic E-state index is 12.8. The van der Waals surface area contributed by atoms with Crippen molar-refractivity contribution in [2.24, 2.45) is 5.92 Å². The molecule has 0 aromatic heterocycles. The maximum atomic E-state index is 12.8. The molecule has 0 bridgehead atoms. The lowest BCUT2D eigenvalue weighted by Gasteiger charge is -2.30. The van der Waals surface area contributed by atoms with Crippen LogP contribution < -0.4 is 5.32 Å². The molecule has 138 valence electrons. The average molecular weight is 484 g/mol. The SMILES string of the molecule is CC1CCCN(S(=O)(=O)c2ccc(NC(=O)c3ccccc3I)cc2)C1. The number of sulfonamides is 1. The number of rotatable bonds is 4. The standard InChI is InChI=1S/C19H21IN2O3S/c1-14-5-4-12-22(13-14)26(24,25)16-10-8-15(9-11-16)21-19(23)17-6-2-3-7-18(17)20/h2-3,6-11,14H,4-5,12-13H2,1H3,(H,21,23). The number of nitrogens with one attached hydrogen (secondary N) is 1. The lowest BCUT2D eigenvalue weighted by atomic mass is 10.0. The second-order valence-corrected chi connectivity index (χ2v) is 9.67. The zero-order valence-electron chi connectivity index (χ0n) is 14.5. The minimum Gasteiger partial charge on any atom is -0.322 e. The lowest BCUT2D eigenvalue weighted by Crippen LogP contribution is -2.39. The van der Waals surface area contributed by atoms with Gasteiger partial charge < -0.3 is 5.32 Å². The van der Waals surface area contributed by atoms with Crippen LogP contribution in [0.2, 0.25) is 0 Å². The third kappa shape index (κ3) is 4.27. The Kier molecular flexibility index (Phi) is 5.99. The first-order chi connectivity index (χ1) is 12.4. The van der Waals surface area contributed by atoms with E-state index in [9.17, 15) is 13.2 Å². The molecular weight excluding hydrogens is 463 g/mol. The van der Waals surface area contributed by atoms with Crippen LogP contribution in [0, 0.1) is 9.49 Å². The summed E-state index contributed by atoms with van der Waals surface area (Å²) in [5.41, 5.74) is 1.16. The van der Waals surface area contributed by atoms with E-state index in [2.05, 4.69) is 34.8 Å². The van der Waals surface area contributed by atoms with Crippen molar-refractivity contribution in [2.45, 2.75) is 24.7 Å². The van der Waals surface area contributed by atoms with E-state index in [1.807, 2.05) is 18.2 Å². The number of benzene rings is 2. The summed E-state index contributed by atoms with van der Waals surface area (Å²) in [5.74, 6) is 0.167. The summed E-state index contributed by atoms with van der Waals surface area (Å²) in [5, 5.41) is 2.81. The number of nitrogens with zero attached hydrogens (tertiary/aromatic N) is 1. The predicted octanol–water partition coefficient (Wildman–Crippen LogP) is 3.96. The van der Waals surface area contributed by atoms with Gasteiger partial charge in [-0.1, -0.05) is 19.1 Å². The Balaban J connectivity index is 1.74. The average Bonchev–Trinajstić information content (AvgIpc) is 2.62. The molecule has 5 nitrogen and oxygen atoms in total. The van der Waals surface area contributed by atoms with Crippen LogP contribution in [0.25, 0.3) is 0 Å². The van der Waals surface area contributed by atoms with Gasteiger partial charge in [-0.15, -0.1) is 0 Å². The summed E-state index contributed by atoms with van der Waals surface area (Å²) in [6.45, 7) is 3.20. The second kappa shape index (κ2) is 8.06. The van der Waals surface area contributed by atoms with Crippen LogP contribution in [0.1, 0.15) is 30.1 Å². The summed E-state index contributed by atoms with van der Waals surface area (Å²) in [6, 6.07) is 13.7. The Hall–Kier alpha value is -1.45. The number of amides is 1. The zero-order chi connectivity index (χ0) is 18.7. The first-order valence-electron chi connectivity index (χ1n) is 8.54. The van der Waals surface area contributed by atoms with E-state index >= 15 is 0 Å². The Morgan fingerprint density at radius 3 is 2.50 bits per heavy atom. The van der Waals surface area contributed by atoms with E-state index in [-0.39, 0.29) is 10.8 Å². The molecule has 1 unspecified atom stereocenters. The highest BCUT2D eigenvalue weighted by molar-refractivity contribution is 14.1. The first kappa shape index (κ1) is 19.3. The van der Waals surface area contributed by atoms with Gasteiger partial charge >= 0.3 is 0 Å². The highest BCUT2D eigenvalue weighted by Crippen LogP contribution is 2.24. The molecule has 1 saturated heterocycles. The molecule has 0 saturated carbocycles. The summed E-state index contributed by atoms with van der Waals surface area (Å²) < 4.78 is 28.0. The van der Waals surface area contributed by atoms with Crippen molar-refractivity contribution >= 4 is 44.2 Å². The minimum absolute atomic E-state index is 0.213. The second-order valence-electron chi connectivity index (χ2n) is 6.57. The van der Waals surface area contributed by atoms with Gasteiger partial charge in [0.2, 0.25) is 10.0 Å². The van der Waals surface area contributed by atoms with Gasteiger partial charge in [0.25, 0.3) is 5.91 Å². The molecule has 1 aliphatic rings. The van der Waals surface area contributed by atoms with E-state index in [1.165, 1.54) is 0 Å². The largest absolute Gasteiger partial charge is 0.322 e. The van der Waals surface area contributed by atoms with Crippen LogP contribution in [-0.4, -0.2) is 31.7 Å². The molecule has 2 aromatic carbocycles. The van der Waals surface area contributed by atoms with Crippen molar-refractivity contribution in [3.63, 3.8) is 0 Å². The molecule has 1 heterocycles. The van der Waals surface area contributed by atoms with Gasteiger partial charge in [0.1, 0.15) is 0 Å². The third-order valence-corrected chi connectivity index (χ3v) is 7.31. The van der Waals surface area contributed by atoms with Crippen LogP contribution in [0.4, 0.5) is 5.69 Å². The van der Waals surface area contributed by atoms with E-state index in [0.29, 0.717) is 30.3 Å². The monoisotopic (exact) mass is 484 g/mol. The summed E-state index contributed by atoms with van der Waals surface area (Å²) >= 11 is 2.11. The number of hydrogen-bond donors (Lipinski definition) is 1. The molecule has 0 radical (unpaired) electrons. The zero-order valence-corrected chi connectivity index (χ0v) is 17.5.